The van der Waals surface area contributed by atoms with Crippen molar-refractivity contribution in [2.45, 2.75) is 24.8 Å². The number of rotatable bonds is 3. The van der Waals surface area contributed by atoms with Gasteiger partial charge in [0.05, 0.1) is 16.9 Å². The number of alkyl halides is 1. The Hall–Kier alpha value is -1.51. The molecule has 0 N–H and O–H groups in total. The van der Waals surface area contributed by atoms with Crippen molar-refractivity contribution in [3.8, 4) is 0 Å². The summed E-state index contributed by atoms with van der Waals surface area (Å²) in [4.78, 5) is 4.61. The summed E-state index contributed by atoms with van der Waals surface area (Å²) in [6, 6.07) is 14.4. The lowest BCUT2D eigenvalue weighted by molar-refractivity contribution is 0.508. The summed E-state index contributed by atoms with van der Waals surface area (Å²) in [7, 11) is 0. The Kier molecular flexibility index (Phi) is 3.16. The molecule has 0 bridgehead atoms. The van der Waals surface area contributed by atoms with Crippen LogP contribution in [0.25, 0.3) is 11.0 Å². The Balaban J connectivity index is 1.75. The van der Waals surface area contributed by atoms with Crippen molar-refractivity contribution < 1.29 is 0 Å². The zero-order chi connectivity index (χ0) is 14.4. The van der Waals surface area contributed by atoms with Gasteiger partial charge in [0, 0.05) is 17.5 Å². The van der Waals surface area contributed by atoms with E-state index in [1.54, 1.807) is 0 Å². The van der Waals surface area contributed by atoms with Gasteiger partial charge in [0.1, 0.15) is 5.82 Å². The quantitative estimate of drug-likeness (QED) is 0.636. The molecular weight excluding hydrogens is 303 g/mol. The molecule has 1 unspecified atom stereocenters. The van der Waals surface area contributed by atoms with Crippen LogP contribution < -0.4 is 0 Å². The lowest BCUT2D eigenvalue weighted by Crippen LogP contribution is -2.22. The zero-order valence-electron chi connectivity index (χ0n) is 11.4. The third-order valence-corrected chi connectivity index (χ3v) is 4.75. The molecule has 1 aliphatic carbocycles. The number of imidazole rings is 1. The summed E-state index contributed by atoms with van der Waals surface area (Å²) in [6.45, 7) is 0.913. The highest BCUT2D eigenvalue weighted by molar-refractivity contribution is 6.31. The van der Waals surface area contributed by atoms with Gasteiger partial charge in [-0.15, -0.1) is 11.6 Å². The fourth-order valence-electron chi connectivity index (χ4n) is 3.20. The van der Waals surface area contributed by atoms with Gasteiger partial charge in [0.15, 0.2) is 0 Å². The summed E-state index contributed by atoms with van der Waals surface area (Å²) in [5, 5.41) is 0.735. The lowest BCUT2D eigenvalue weighted by Gasteiger charge is -2.31. The van der Waals surface area contributed by atoms with Crippen molar-refractivity contribution in [1.82, 2.24) is 9.55 Å². The van der Waals surface area contributed by atoms with Gasteiger partial charge in [-0.25, -0.2) is 4.98 Å². The fourth-order valence-corrected chi connectivity index (χ4v) is 3.57. The van der Waals surface area contributed by atoms with Gasteiger partial charge in [-0.2, -0.15) is 0 Å². The minimum atomic E-state index is 0.417. The average Bonchev–Trinajstić information content (AvgIpc) is 2.82. The monoisotopic (exact) mass is 316 g/mol. The second kappa shape index (κ2) is 5.04. The smallest absolute Gasteiger partial charge is 0.124 e. The molecule has 21 heavy (non-hydrogen) atoms. The van der Waals surface area contributed by atoms with Gasteiger partial charge >= 0.3 is 0 Å². The maximum absolute atomic E-state index is 6.13. The first-order chi connectivity index (χ1) is 10.3. The first-order valence-electron chi connectivity index (χ1n) is 7.04. The molecule has 4 rings (SSSR count). The van der Waals surface area contributed by atoms with Gasteiger partial charge in [-0.3, -0.25) is 0 Å². The topological polar surface area (TPSA) is 17.8 Å². The number of hydrogen-bond donors (Lipinski definition) is 0. The van der Waals surface area contributed by atoms with Crippen molar-refractivity contribution in [2.24, 2.45) is 0 Å². The van der Waals surface area contributed by atoms with Gasteiger partial charge < -0.3 is 4.57 Å². The molecule has 1 heterocycles. The zero-order valence-corrected chi connectivity index (χ0v) is 12.9. The molecule has 1 atom stereocenters. The van der Waals surface area contributed by atoms with Crippen molar-refractivity contribution >= 4 is 34.2 Å². The van der Waals surface area contributed by atoms with E-state index in [1.807, 2.05) is 18.2 Å². The van der Waals surface area contributed by atoms with Crippen LogP contribution in [0.5, 0.6) is 0 Å². The number of fused-ring (bicyclic) bond motifs is 2. The van der Waals surface area contributed by atoms with E-state index in [-0.39, 0.29) is 0 Å². The van der Waals surface area contributed by atoms with Crippen LogP contribution in [0.2, 0.25) is 5.02 Å². The molecular formula is C17H14Cl2N2. The highest BCUT2D eigenvalue weighted by Crippen LogP contribution is 2.37. The molecule has 1 aromatic heterocycles. The van der Waals surface area contributed by atoms with Crippen molar-refractivity contribution in [2.75, 3.05) is 0 Å². The molecule has 0 amide bonds. The van der Waals surface area contributed by atoms with Crippen LogP contribution in [0.3, 0.4) is 0 Å². The van der Waals surface area contributed by atoms with Crippen LogP contribution >= 0.6 is 23.2 Å². The van der Waals surface area contributed by atoms with Crippen molar-refractivity contribution in [3.63, 3.8) is 0 Å². The maximum atomic E-state index is 6.13. The Morgan fingerprint density at radius 1 is 1.19 bits per heavy atom. The fraction of sp³-hybridized carbons (Fsp3) is 0.235. The molecule has 0 aliphatic heterocycles. The first-order valence-corrected chi connectivity index (χ1v) is 7.96. The lowest BCUT2D eigenvalue weighted by atomic mass is 9.77. The van der Waals surface area contributed by atoms with Crippen LogP contribution in [-0.2, 0) is 18.8 Å². The van der Waals surface area contributed by atoms with Crippen molar-refractivity contribution in [3.05, 3.63) is 64.4 Å². The van der Waals surface area contributed by atoms with Gasteiger partial charge in [-0.05, 0) is 35.7 Å². The van der Waals surface area contributed by atoms with Crippen LogP contribution in [0, 0.1) is 0 Å². The van der Waals surface area contributed by atoms with E-state index in [4.69, 9.17) is 23.2 Å². The minimum Gasteiger partial charge on any atom is -0.326 e. The first kappa shape index (κ1) is 13.2. The normalized spacial score (nSPS) is 16.8. The van der Waals surface area contributed by atoms with Crippen LogP contribution in [0.4, 0.5) is 0 Å². The summed E-state index contributed by atoms with van der Waals surface area (Å²) >= 11 is 12.2. The maximum Gasteiger partial charge on any atom is 0.124 e. The minimum absolute atomic E-state index is 0.417. The van der Waals surface area contributed by atoms with E-state index < -0.39 is 0 Å². The average molecular weight is 317 g/mol. The van der Waals surface area contributed by atoms with Crippen LogP contribution in [-0.4, -0.2) is 9.55 Å². The third-order valence-electron chi connectivity index (χ3n) is 4.27. The van der Waals surface area contributed by atoms with Gasteiger partial charge in [0.2, 0.25) is 0 Å². The van der Waals surface area contributed by atoms with E-state index in [0.29, 0.717) is 11.8 Å². The molecule has 4 heteroatoms. The van der Waals surface area contributed by atoms with Crippen LogP contribution in [0.15, 0.2) is 42.5 Å². The van der Waals surface area contributed by atoms with Crippen molar-refractivity contribution in [1.29, 1.82) is 0 Å². The molecule has 3 aromatic rings. The Bertz CT molecular complexity index is 823. The third kappa shape index (κ3) is 2.14. The molecule has 0 saturated heterocycles. The molecule has 106 valence electrons. The Morgan fingerprint density at radius 3 is 2.86 bits per heavy atom. The SMILES string of the molecule is ClCc1nc2ccc(Cl)cc2n1CC1Cc2ccccc21. The molecule has 0 radical (unpaired) electrons. The van der Waals surface area contributed by atoms with Crippen LogP contribution in [0.1, 0.15) is 22.9 Å². The second-order valence-corrected chi connectivity index (χ2v) is 6.21. The molecule has 2 aromatic carbocycles. The summed E-state index contributed by atoms with van der Waals surface area (Å²) in [5.74, 6) is 1.87. The van der Waals surface area contributed by atoms with E-state index >= 15 is 0 Å². The summed E-state index contributed by atoms with van der Waals surface area (Å²) in [6.07, 6.45) is 1.12. The summed E-state index contributed by atoms with van der Waals surface area (Å²) < 4.78 is 2.22. The summed E-state index contributed by atoms with van der Waals surface area (Å²) in [5.41, 5.74) is 4.93. The largest absolute Gasteiger partial charge is 0.326 e. The molecule has 0 spiro atoms. The predicted octanol–water partition coefficient (Wildman–Crippen LogP) is 4.77. The number of benzene rings is 2. The Labute approximate surface area is 133 Å². The van der Waals surface area contributed by atoms with E-state index in [2.05, 4.69) is 33.8 Å². The molecule has 2 nitrogen and oxygen atoms in total. The number of nitrogens with zero attached hydrogens (tertiary/aromatic N) is 2. The molecule has 0 saturated carbocycles. The Morgan fingerprint density at radius 2 is 2.05 bits per heavy atom. The molecule has 1 aliphatic rings. The number of halogens is 2. The number of hydrogen-bond acceptors (Lipinski definition) is 1. The molecule has 0 fully saturated rings. The standard InChI is InChI=1S/C17H14Cl2N2/c18-9-17-20-15-6-5-13(19)8-16(15)21(17)10-12-7-11-3-1-2-4-14(11)12/h1-6,8,12H,7,9-10H2. The van der Waals surface area contributed by atoms with E-state index in [9.17, 15) is 0 Å². The predicted molar refractivity (Wildman–Crippen MR) is 87.2 cm³/mol. The van der Waals surface area contributed by atoms with Gasteiger partial charge in [0.25, 0.3) is 0 Å². The number of aromatic nitrogens is 2. The highest BCUT2D eigenvalue weighted by Gasteiger charge is 2.27. The van der Waals surface area contributed by atoms with E-state index in [0.717, 1.165) is 34.8 Å². The highest BCUT2D eigenvalue weighted by atomic mass is 35.5. The van der Waals surface area contributed by atoms with E-state index in [1.165, 1.54) is 11.1 Å². The second-order valence-electron chi connectivity index (χ2n) is 5.51. The van der Waals surface area contributed by atoms with Gasteiger partial charge in [-0.1, -0.05) is 35.9 Å².